The lowest BCUT2D eigenvalue weighted by molar-refractivity contribution is 0.949. The SMILES string of the molecule is Cc1cc(C)c(-c2cn(C)c3c(N(C)C)ncnc23)c(C)c1.II. The number of hydrogen-bond donors (Lipinski definition) is 0. The zero-order valence-corrected chi connectivity index (χ0v) is 19.2. The number of aromatic nitrogens is 3. The third kappa shape index (κ3) is 3.54. The topological polar surface area (TPSA) is 34.0 Å². The predicted octanol–water partition coefficient (Wildman–Crippen LogP) is 5.40. The van der Waals surface area contributed by atoms with E-state index in [1.807, 2.05) is 19.0 Å². The highest BCUT2D eigenvalue weighted by atomic mass is 128. The monoisotopic (exact) mass is 548 g/mol. The average molecular weight is 548 g/mol. The van der Waals surface area contributed by atoms with Crippen molar-refractivity contribution in [2.24, 2.45) is 7.05 Å². The lowest BCUT2D eigenvalue weighted by atomic mass is 9.95. The first-order chi connectivity index (χ1) is 11.4. The summed E-state index contributed by atoms with van der Waals surface area (Å²) >= 11 is 4.24. The van der Waals surface area contributed by atoms with Gasteiger partial charge in [-0.25, -0.2) is 9.97 Å². The molecule has 0 atom stereocenters. The molecule has 0 unspecified atom stereocenters. The minimum absolute atomic E-state index is 0.946. The van der Waals surface area contributed by atoms with Gasteiger partial charge < -0.3 is 9.47 Å². The fraction of sp³-hybridized carbons (Fsp3) is 0.333. The Kier molecular flexibility index (Phi) is 6.46. The third-order valence-electron chi connectivity index (χ3n) is 4.10. The van der Waals surface area contributed by atoms with E-state index < -0.39 is 0 Å². The Morgan fingerprint density at radius 3 is 2.12 bits per heavy atom. The van der Waals surface area contributed by atoms with Crippen LogP contribution in [0.4, 0.5) is 5.82 Å². The molecule has 128 valence electrons. The summed E-state index contributed by atoms with van der Waals surface area (Å²) in [6.45, 7) is 6.48. The van der Waals surface area contributed by atoms with Crippen molar-refractivity contribution in [1.29, 1.82) is 0 Å². The highest BCUT2D eigenvalue weighted by Gasteiger charge is 2.18. The minimum atomic E-state index is 0.946. The van der Waals surface area contributed by atoms with Crippen LogP contribution >= 0.6 is 37.2 Å². The molecule has 0 radical (unpaired) electrons. The van der Waals surface area contributed by atoms with Gasteiger partial charge >= 0.3 is 0 Å². The van der Waals surface area contributed by atoms with Crippen molar-refractivity contribution in [1.82, 2.24) is 14.5 Å². The Bertz CT molecular complexity index is 846. The summed E-state index contributed by atoms with van der Waals surface area (Å²) in [6.07, 6.45) is 3.82. The fourth-order valence-electron chi connectivity index (χ4n) is 3.33. The number of anilines is 1. The van der Waals surface area contributed by atoms with E-state index in [0.717, 1.165) is 16.9 Å². The summed E-state index contributed by atoms with van der Waals surface area (Å²) in [4.78, 5) is 11.0. The molecule has 2 heterocycles. The molecule has 0 spiro atoms. The molecule has 3 aromatic rings. The molecule has 0 bridgehead atoms. The third-order valence-corrected chi connectivity index (χ3v) is 4.10. The average Bonchev–Trinajstić information content (AvgIpc) is 2.85. The van der Waals surface area contributed by atoms with Crippen molar-refractivity contribution in [2.45, 2.75) is 20.8 Å². The van der Waals surface area contributed by atoms with E-state index in [9.17, 15) is 0 Å². The highest BCUT2D eigenvalue weighted by molar-refractivity contribution is 15.0. The molecule has 4 nitrogen and oxygen atoms in total. The molecular weight excluding hydrogens is 526 g/mol. The Balaban J connectivity index is 0.00000100. The second kappa shape index (κ2) is 7.99. The van der Waals surface area contributed by atoms with Crippen LogP contribution in [0.2, 0.25) is 0 Å². The van der Waals surface area contributed by atoms with Gasteiger partial charge in [0.15, 0.2) is 5.82 Å². The molecule has 0 aliphatic heterocycles. The number of benzene rings is 1. The fourth-order valence-corrected chi connectivity index (χ4v) is 3.33. The highest BCUT2D eigenvalue weighted by Crippen LogP contribution is 2.36. The van der Waals surface area contributed by atoms with Gasteiger partial charge in [-0.2, -0.15) is 0 Å². The van der Waals surface area contributed by atoms with Gasteiger partial charge in [0.1, 0.15) is 17.4 Å². The maximum Gasteiger partial charge on any atom is 0.156 e. The number of nitrogens with zero attached hydrogens (tertiary/aromatic N) is 4. The number of halogens is 2. The minimum Gasteiger partial charge on any atom is -0.361 e. The molecular formula is C18H22I2N4. The van der Waals surface area contributed by atoms with Crippen LogP contribution in [0.3, 0.4) is 0 Å². The van der Waals surface area contributed by atoms with Crippen LogP contribution in [-0.4, -0.2) is 28.6 Å². The molecule has 1 aromatic carbocycles. The zero-order chi connectivity index (χ0) is 18.0. The van der Waals surface area contributed by atoms with Crippen LogP contribution in [0.25, 0.3) is 22.2 Å². The summed E-state index contributed by atoms with van der Waals surface area (Å²) in [5, 5.41) is 0. The van der Waals surface area contributed by atoms with E-state index in [1.54, 1.807) is 6.33 Å². The molecule has 0 N–H and O–H groups in total. The largest absolute Gasteiger partial charge is 0.361 e. The summed E-state index contributed by atoms with van der Waals surface area (Å²) in [7, 11) is 6.08. The summed E-state index contributed by atoms with van der Waals surface area (Å²) in [6, 6.07) is 4.46. The van der Waals surface area contributed by atoms with Crippen molar-refractivity contribution in [3.8, 4) is 11.1 Å². The quantitative estimate of drug-likeness (QED) is 0.403. The molecule has 3 rings (SSSR count). The molecule has 0 aliphatic rings. The Labute approximate surface area is 167 Å². The van der Waals surface area contributed by atoms with E-state index in [-0.39, 0.29) is 0 Å². The normalized spacial score (nSPS) is 10.5. The van der Waals surface area contributed by atoms with Crippen molar-refractivity contribution < 1.29 is 0 Å². The maximum absolute atomic E-state index is 4.57. The van der Waals surface area contributed by atoms with Crippen LogP contribution in [-0.2, 0) is 7.05 Å². The lowest BCUT2D eigenvalue weighted by Gasteiger charge is -2.13. The van der Waals surface area contributed by atoms with Gasteiger partial charge in [0.2, 0.25) is 0 Å². The van der Waals surface area contributed by atoms with Gasteiger partial charge in [0.05, 0.1) is 0 Å². The number of fused-ring (bicyclic) bond motifs is 1. The van der Waals surface area contributed by atoms with Gasteiger partial charge in [-0.3, -0.25) is 0 Å². The number of aryl methyl sites for hydroxylation is 4. The van der Waals surface area contributed by atoms with E-state index >= 15 is 0 Å². The van der Waals surface area contributed by atoms with Crippen LogP contribution in [0.1, 0.15) is 16.7 Å². The van der Waals surface area contributed by atoms with Gasteiger partial charge in [-0.1, -0.05) is 17.7 Å². The van der Waals surface area contributed by atoms with Crippen molar-refractivity contribution in [3.63, 3.8) is 0 Å². The summed E-state index contributed by atoms with van der Waals surface area (Å²) in [5.74, 6) is 0.946. The van der Waals surface area contributed by atoms with Crippen LogP contribution in [0.5, 0.6) is 0 Å². The van der Waals surface area contributed by atoms with Crippen molar-refractivity contribution >= 4 is 54.1 Å². The molecule has 0 fully saturated rings. The Morgan fingerprint density at radius 2 is 1.58 bits per heavy atom. The van der Waals surface area contributed by atoms with Crippen molar-refractivity contribution in [2.75, 3.05) is 19.0 Å². The molecule has 24 heavy (non-hydrogen) atoms. The Hall–Kier alpha value is -0.900. The van der Waals surface area contributed by atoms with Gasteiger partial charge in [-0.15, -0.1) is 0 Å². The van der Waals surface area contributed by atoms with E-state index in [2.05, 4.69) is 97.9 Å². The van der Waals surface area contributed by atoms with Gasteiger partial charge in [-0.05, 0) is 37.5 Å². The van der Waals surface area contributed by atoms with Crippen LogP contribution in [0.15, 0.2) is 24.7 Å². The van der Waals surface area contributed by atoms with Crippen molar-refractivity contribution in [3.05, 3.63) is 41.3 Å². The molecule has 0 aliphatic carbocycles. The first-order valence-electron chi connectivity index (χ1n) is 7.60. The second-order valence-corrected chi connectivity index (χ2v) is 6.22. The van der Waals surface area contributed by atoms with Crippen LogP contribution < -0.4 is 4.90 Å². The van der Waals surface area contributed by atoms with E-state index in [1.165, 1.54) is 27.8 Å². The molecule has 2 aromatic heterocycles. The maximum atomic E-state index is 4.57. The molecule has 0 saturated carbocycles. The van der Waals surface area contributed by atoms with Gasteiger partial charge in [0, 0.05) is 70.1 Å². The zero-order valence-electron chi connectivity index (χ0n) is 14.9. The molecule has 0 saturated heterocycles. The number of rotatable bonds is 2. The smallest absolute Gasteiger partial charge is 0.156 e. The molecule has 6 heteroatoms. The van der Waals surface area contributed by atoms with E-state index in [0.29, 0.717) is 0 Å². The Morgan fingerprint density at radius 1 is 1.00 bits per heavy atom. The first kappa shape index (κ1) is 19.4. The van der Waals surface area contributed by atoms with Crippen LogP contribution in [0, 0.1) is 20.8 Å². The summed E-state index contributed by atoms with van der Waals surface area (Å²) < 4.78 is 2.12. The number of hydrogen-bond acceptors (Lipinski definition) is 3. The van der Waals surface area contributed by atoms with Gasteiger partial charge in [0.25, 0.3) is 0 Å². The second-order valence-electron chi connectivity index (χ2n) is 6.22. The van der Waals surface area contributed by atoms with E-state index in [4.69, 9.17) is 0 Å². The summed E-state index contributed by atoms with van der Waals surface area (Å²) in [5.41, 5.74) is 8.41. The first-order valence-corrected chi connectivity index (χ1v) is 13.9. The predicted molar refractivity (Wildman–Crippen MR) is 121 cm³/mol. The lowest BCUT2D eigenvalue weighted by Crippen LogP contribution is -2.12. The standard InChI is InChI=1S/C18H22N4.I2/c1-11-7-12(2)15(13(3)8-11)14-9-22(6)17-16(14)19-10-20-18(17)21(4)5;1-2/h7-10H,1-6H3;. The molecule has 0 amide bonds.